The van der Waals surface area contributed by atoms with E-state index in [-0.39, 0.29) is 6.10 Å². The van der Waals surface area contributed by atoms with Crippen LogP contribution in [0.4, 0.5) is 0 Å². The summed E-state index contributed by atoms with van der Waals surface area (Å²) in [5.41, 5.74) is 0. The summed E-state index contributed by atoms with van der Waals surface area (Å²) in [5.74, 6) is 0. The number of hydrogen-bond acceptors (Lipinski definition) is 1. The number of hydrogen-bond donors (Lipinski definition) is 0. The van der Waals surface area contributed by atoms with Crippen molar-refractivity contribution in [2.24, 2.45) is 0 Å². The van der Waals surface area contributed by atoms with Crippen molar-refractivity contribution in [2.75, 3.05) is 0 Å². The lowest BCUT2D eigenvalue weighted by Crippen LogP contribution is -2.34. The van der Waals surface area contributed by atoms with Gasteiger partial charge in [-0.3, -0.25) is 0 Å². The average molecular weight is 210 g/mol. The molecule has 0 aliphatic heterocycles. The number of allylic oxidation sites excluding steroid dienone is 2. The summed E-state index contributed by atoms with van der Waals surface area (Å²) in [7, 11) is -1.41. The summed E-state index contributed by atoms with van der Waals surface area (Å²) < 4.78 is 6.15. The normalized spacial score (nSPS) is 17.6. The van der Waals surface area contributed by atoms with Gasteiger partial charge in [-0.05, 0) is 25.6 Å². The van der Waals surface area contributed by atoms with E-state index in [0.717, 1.165) is 6.42 Å². The first-order valence-corrected chi connectivity index (χ1v) is 8.77. The molecule has 0 aromatic rings. The van der Waals surface area contributed by atoms with Crippen LogP contribution in [0.1, 0.15) is 26.2 Å². The van der Waals surface area contributed by atoms with Crippen molar-refractivity contribution in [3.63, 3.8) is 0 Å². The van der Waals surface area contributed by atoms with Gasteiger partial charge >= 0.3 is 0 Å². The van der Waals surface area contributed by atoms with Crippen LogP contribution in [0, 0.1) is 0 Å². The van der Waals surface area contributed by atoms with Crippen LogP contribution in [0.3, 0.4) is 0 Å². The molecule has 80 valence electrons. The predicted molar refractivity (Wildman–Crippen MR) is 65.0 cm³/mol. The maximum Gasteiger partial charge on any atom is 0.188 e. The van der Waals surface area contributed by atoms with E-state index in [2.05, 4.69) is 44.3 Å². The molecule has 14 heavy (non-hydrogen) atoms. The third kappa shape index (κ3) is 4.25. The second kappa shape index (κ2) is 5.52. The van der Waals surface area contributed by atoms with Gasteiger partial charge in [-0.2, -0.15) is 0 Å². The maximum absolute atomic E-state index is 6.15. The van der Waals surface area contributed by atoms with Crippen LogP contribution in [-0.2, 0) is 4.43 Å². The predicted octanol–water partition coefficient (Wildman–Crippen LogP) is 3.89. The van der Waals surface area contributed by atoms with Gasteiger partial charge in [-0.15, -0.1) is 0 Å². The molecular formula is C12H22OSi. The van der Waals surface area contributed by atoms with E-state index >= 15 is 0 Å². The monoisotopic (exact) mass is 210 g/mol. The molecule has 1 aliphatic carbocycles. The summed E-state index contributed by atoms with van der Waals surface area (Å²) in [5, 5.41) is 0. The van der Waals surface area contributed by atoms with Crippen molar-refractivity contribution >= 4 is 8.32 Å². The van der Waals surface area contributed by atoms with E-state index in [0.29, 0.717) is 0 Å². The van der Waals surface area contributed by atoms with Gasteiger partial charge < -0.3 is 4.43 Å². The Kier molecular flexibility index (Phi) is 4.62. The van der Waals surface area contributed by atoms with Crippen molar-refractivity contribution in [3.05, 3.63) is 24.3 Å². The van der Waals surface area contributed by atoms with Crippen LogP contribution in [0.2, 0.25) is 19.1 Å². The molecule has 0 atom stereocenters. The molecule has 1 aliphatic rings. The van der Waals surface area contributed by atoms with Crippen molar-refractivity contribution in [3.8, 4) is 0 Å². The van der Waals surface area contributed by atoms with Gasteiger partial charge in [0.1, 0.15) is 0 Å². The quantitative estimate of drug-likeness (QED) is 0.494. The first-order chi connectivity index (χ1) is 6.64. The molecule has 0 aromatic heterocycles. The van der Waals surface area contributed by atoms with E-state index < -0.39 is 8.32 Å². The lowest BCUT2D eigenvalue weighted by atomic mass is 10.2. The fourth-order valence-corrected chi connectivity index (χ4v) is 3.89. The molecule has 2 heteroatoms. The van der Waals surface area contributed by atoms with E-state index in [1.165, 1.54) is 18.9 Å². The topological polar surface area (TPSA) is 9.23 Å². The fourth-order valence-electron chi connectivity index (χ4n) is 1.68. The molecule has 1 nitrogen and oxygen atoms in total. The first-order valence-electron chi connectivity index (χ1n) is 5.65. The molecular weight excluding hydrogens is 188 g/mol. The average Bonchev–Trinajstić information content (AvgIpc) is 2.16. The number of rotatable bonds is 5. The first kappa shape index (κ1) is 11.7. The zero-order chi connectivity index (χ0) is 10.4. The minimum atomic E-state index is -1.41. The lowest BCUT2D eigenvalue weighted by molar-refractivity contribution is 0.282. The van der Waals surface area contributed by atoms with E-state index in [1.807, 2.05) is 0 Å². The van der Waals surface area contributed by atoms with Gasteiger partial charge in [-0.1, -0.05) is 44.1 Å². The molecule has 0 saturated carbocycles. The van der Waals surface area contributed by atoms with Crippen LogP contribution in [-0.4, -0.2) is 14.4 Å². The third-order valence-electron chi connectivity index (χ3n) is 2.51. The van der Waals surface area contributed by atoms with Gasteiger partial charge in [0.15, 0.2) is 8.32 Å². The molecule has 0 N–H and O–H groups in total. The number of unbranched alkanes of at least 4 members (excludes halogenated alkanes) is 1. The second-order valence-corrected chi connectivity index (χ2v) is 8.79. The zero-order valence-electron chi connectivity index (χ0n) is 9.62. The van der Waals surface area contributed by atoms with Crippen LogP contribution >= 0.6 is 0 Å². The highest BCUT2D eigenvalue weighted by molar-refractivity contribution is 6.71. The Hall–Kier alpha value is -0.343. The van der Waals surface area contributed by atoms with Crippen molar-refractivity contribution < 1.29 is 4.43 Å². The molecule has 0 saturated heterocycles. The Labute approximate surface area is 89.0 Å². The summed E-state index contributed by atoms with van der Waals surface area (Å²) >= 11 is 0. The molecule has 0 bridgehead atoms. The van der Waals surface area contributed by atoms with Gasteiger partial charge in [0.25, 0.3) is 0 Å². The molecule has 0 heterocycles. The Bertz CT molecular complexity index is 206. The molecule has 0 aromatic carbocycles. The molecule has 0 unspecified atom stereocenters. The van der Waals surface area contributed by atoms with Crippen LogP contribution in [0.15, 0.2) is 24.3 Å². The molecule has 0 radical (unpaired) electrons. The van der Waals surface area contributed by atoms with E-state index in [1.54, 1.807) is 0 Å². The third-order valence-corrected chi connectivity index (χ3v) is 4.98. The smallest absolute Gasteiger partial charge is 0.188 e. The highest BCUT2D eigenvalue weighted by Gasteiger charge is 2.24. The van der Waals surface area contributed by atoms with Crippen molar-refractivity contribution in [2.45, 2.75) is 51.4 Å². The summed E-state index contributed by atoms with van der Waals surface area (Å²) in [6, 6.07) is 1.28. The highest BCUT2D eigenvalue weighted by atomic mass is 28.4. The highest BCUT2D eigenvalue weighted by Crippen LogP contribution is 2.19. The van der Waals surface area contributed by atoms with Gasteiger partial charge in [0.2, 0.25) is 0 Å². The fraction of sp³-hybridized carbons (Fsp3) is 0.667. The van der Waals surface area contributed by atoms with Gasteiger partial charge in [-0.25, -0.2) is 0 Å². The Balaban J connectivity index is 2.36. The maximum atomic E-state index is 6.15. The minimum absolute atomic E-state index is 0.252. The Morgan fingerprint density at radius 2 is 1.93 bits per heavy atom. The van der Waals surface area contributed by atoms with Crippen molar-refractivity contribution in [1.29, 1.82) is 0 Å². The van der Waals surface area contributed by atoms with E-state index in [4.69, 9.17) is 4.43 Å². The van der Waals surface area contributed by atoms with Crippen LogP contribution in [0.5, 0.6) is 0 Å². The molecule has 0 amide bonds. The summed E-state index contributed by atoms with van der Waals surface area (Å²) in [6.07, 6.45) is 12.6. The van der Waals surface area contributed by atoms with E-state index in [9.17, 15) is 0 Å². The zero-order valence-corrected chi connectivity index (χ0v) is 10.6. The lowest BCUT2D eigenvalue weighted by Gasteiger charge is -2.27. The summed E-state index contributed by atoms with van der Waals surface area (Å²) in [4.78, 5) is 0. The van der Waals surface area contributed by atoms with Gasteiger partial charge in [0.05, 0.1) is 6.10 Å². The van der Waals surface area contributed by atoms with Crippen LogP contribution in [0.25, 0.3) is 0 Å². The van der Waals surface area contributed by atoms with Crippen molar-refractivity contribution in [1.82, 2.24) is 0 Å². The largest absolute Gasteiger partial charge is 0.408 e. The Morgan fingerprint density at radius 3 is 2.50 bits per heavy atom. The standard InChI is InChI=1S/C12H22OSi/c1-4-5-11-14(2,3)13-12-9-7-6-8-10-12/h7-10,12H,4-6,11H2,1-3H3. The SMILES string of the molecule is CCCC[Si](C)(C)OC1C=CCC=C1. The molecule has 1 rings (SSSR count). The molecule has 0 fully saturated rings. The summed E-state index contributed by atoms with van der Waals surface area (Å²) in [6.45, 7) is 6.88. The van der Waals surface area contributed by atoms with Crippen LogP contribution < -0.4 is 0 Å². The Morgan fingerprint density at radius 1 is 1.29 bits per heavy atom. The van der Waals surface area contributed by atoms with Gasteiger partial charge in [0, 0.05) is 0 Å². The minimum Gasteiger partial charge on any atom is -0.408 e. The second-order valence-electron chi connectivity index (χ2n) is 4.54. The molecule has 0 spiro atoms.